The first-order valence-corrected chi connectivity index (χ1v) is 7.23. The Labute approximate surface area is 120 Å². The van der Waals surface area contributed by atoms with Crippen molar-refractivity contribution in [3.8, 4) is 0 Å². The summed E-state index contributed by atoms with van der Waals surface area (Å²) in [6.07, 6.45) is 5.31. The minimum Gasteiger partial charge on any atom is -0.465 e. The third-order valence-corrected chi connectivity index (χ3v) is 3.23. The van der Waals surface area contributed by atoms with Gasteiger partial charge in [0.2, 0.25) is 0 Å². The Morgan fingerprint density at radius 3 is 2.25 bits per heavy atom. The highest BCUT2D eigenvalue weighted by Crippen LogP contribution is 2.32. The van der Waals surface area contributed by atoms with Crippen LogP contribution in [0.15, 0.2) is 11.8 Å². The number of esters is 1. The molecule has 1 saturated carbocycles. The molecule has 0 radical (unpaired) electrons. The molecule has 20 heavy (non-hydrogen) atoms. The van der Waals surface area contributed by atoms with Gasteiger partial charge in [-0.15, -0.1) is 0 Å². The van der Waals surface area contributed by atoms with Crippen molar-refractivity contribution in [1.82, 2.24) is 0 Å². The van der Waals surface area contributed by atoms with Crippen LogP contribution in [0.5, 0.6) is 0 Å². The van der Waals surface area contributed by atoms with Gasteiger partial charge < -0.3 is 4.74 Å². The molecule has 0 N–H and O–H groups in total. The molecule has 1 rings (SSSR count). The SMILES string of the molecule is CCCOC(=O)C1CCCCC1C(=O)OOC=C(C)C. The zero-order valence-electron chi connectivity index (χ0n) is 12.5. The summed E-state index contributed by atoms with van der Waals surface area (Å²) in [5.74, 6) is -1.65. The summed E-state index contributed by atoms with van der Waals surface area (Å²) in [5, 5.41) is 0. The zero-order valence-corrected chi connectivity index (χ0v) is 12.5. The van der Waals surface area contributed by atoms with E-state index in [1.165, 1.54) is 6.26 Å². The Morgan fingerprint density at radius 1 is 1.10 bits per heavy atom. The van der Waals surface area contributed by atoms with Crippen LogP contribution in [-0.4, -0.2) is 18.5 Å². The number of hydrogen-bond acceptors (Lipinski definition) is 5. The number of carbonyl (C=O) groups excluding carboxylic acids is 2. The van der Waals surface area contributed by atoms with E-state index in [1.807, 2.05) is 20.8 Å². The van der Waals surface area contributed by atoms with Crippen molar-refractivity contribution in [1.29, 1.82) is 0 Å². The van der Waals surface area contributed by atoms with E-state index in [9.17, 15) is 9.59 Å². The molecule has 0 amide bonds. The molecule has 1 fully saturated rings. The van der Waals surface area contributed by atoms with E-state index in [4.69, 9.17) is 14.5 Å². The number of hydrogen-bond donors (Lipinski definition) is 0. The Morgan fingerprint density at radius 2 is 1.70 bits per heavy atom. The fourth-order valence-electron chi connectivity index (χ4n) is 2.23. The van der Waals surface area contributed by atoms with Crippen LogP contribution >= 0.6 is 0 Å². The highest BCUT2D eigenvalue weighted by molar-refractivity contribution is 5.82. The minimum atomic E-state index is -0.486. The molecule has 114 valence electrons. The van der Waals surface area contributed by atoms with Gasteiger partial charge in [0.05, 0.1) is 18.4 Å². The fraction of sp³-hybridized carbons (Fsp3) is 0.733. The summed E-state index contributed by atoms with van der Waals surface area (Å²) in [7, 11) is 0. The monoisotopic (exact) mass is 284 g/mol. The lowest BCUT2D eigenvalue weighted by Gasteiger charge is -2.27. The van der Waals surface area contributed by atoms with Gasteiger partial charge in [-0.3, -0.25) is 14.6 Å². The number of rotatable bonds is 6. The maximum atomic E-state index is 12.0. The summed E-state index contributed by atoms with van der Waals surface area (Å²) >= 11 is 0. The van der Waals surface area contributed by atoms with Crippen molar-refractivity contribution >= 4 is 11.9 Å². The van der Waals surface area contributed by atoms with Crippen LogP contribution in [0.3, 0.4) is 0 Å². The third kappa shape index (κ3) is 5.23. The molecule has 0 heterocycles. The molecule has 1 aliphatic rings. The predicted molar refractivity (Wildman–Crippen MR) is 73.3 cm³/mol. The molecule has 5 nitrogen and oxygen atoms in total. The molecule has 2 unspecified atom stereocenters. The zero-order chi connectivity index (χ0) is 15.0. The fourth-order valence-corrected chi connectivity index (χ4v) is 2.23. The average molecular weight is 284 g/mol. The van der Waals surface area contributed by atoms with Crippen molar-refractivity contribution in [3.63, 3.8) is 0 Å². The van der Waals surface area contributed by atoms with Gasteiger partial charge in [-0.2, -0.15) is 0 Å². The standard InChI is InChI=1S/C15H24O5/c1-4-9-18-14(16)12-7-5-6-8-13(12)15(17)20-19-10-11(2)3/h10,12-13H,4-9H2,1-3H3. The van der Waals surface area contributed by atoms with Crippen molar-refractivity contribution in [2.45, 2.75) is 52.9 Å². The van der Waals surface area contributed by atoms with Gasteiger partial charge in [0.1, 0.15) is 6.26 Å². The lowest BCUT2D eigenvalue weighted by atomic mass is 9.79. The largest absolute Gasteiger partial charge is 0.465 e. The van der Waals surface area contributed by atoms with Gasteiger partial charge in [0.15, 0.2) is 0 Å². The van der Waals surface area contributed by atoms with Crippen LogP contribution in [-0.2, 0) is 24.1 Å². The van der Waals surface area contributed by atoms with E-state index in [-0.39, 0.29) is 5.97 Å². The van der Waals surface area contributed by atoms with Gasteiger partial charge in [0.25, 0.3) is 0 Å². The molecule has 0 spiro atoms. The van der Waals surface area contributed by atoms with E-state index in [0.29, 0.717) is 19.4 Å². The number of allylic oxidation sites excluding steroid dienone is 1. The molecule has 0 saturated heterocycles. The van der Waals surface area contributed by atoms with E-state index >= 15 is 0 Å². The van der Waals surface area contributed by atoms with Gasteiger partial charge in [-0.25, -0.2) is 4.79 Å². The molecular formula is C15H24O5. The van der Waals surface area contributed by atoms with E-state index in [2.05, 4.69) is 0 Å². The van der Waals surface area contributed by atoms with Crippen molar-refractivity contribution in [2.24, 2.45) is 11.8 Å². The molecule has 0 aliphatic heterocycles. The second-order valence-corrected chi connectivity index (χ2v) is 5.36. The molecular weight excluding hydrogens is 260 g/mol. The summed E-state index contributed by atoms with van der Waals surface area (Å²) in [5.41, 5.74) is 0.889. The molecule has 0 aromatic heterocycles. The molecule has 0 bridgehead atoms. The first kappa shape index (κ1) is 16.5. The first-order chi connectivity index (χ1) is 9.56. The van der Waals surface area contributed by atoms with Crippen molar-refractivity contribution in [2.75, 3.05) is 6.61 Å². The Bertz CT molecular complexity index is 357. The van der Waals surface area contributed by atoms with E-state index < -0.39 is 17.8 Å². The molecule has 0 aromatic carbocycles. The van der Waals surface area contributed by atoms with Gasteiger partial charge in [0, 0.05) is 0 Å². The number of ether oxygens (including phenoxy) is 1. The highest BCUT2D eigenvalue weighted by Gasteiger charge is 2.38. The summed E-state index contributed by atoms with van der Waals surface area (Å²) < 4.78 is 5.15. The second kappa shape index (κ2) is 8.61. The smallest absolute Gasteiger partial charge is 0.359 e. The van der Waals surface area contributed by atoms with Crippen LogP contribution in [0.25, 0.3) is 0 Å². The normalized spacial score (nSPS) is 21.8. The van der Waals surface area contributed by atoms with E-state index in [1.54, 1.807) is 0 Å². The van der Waals surface area contributed by atoms with Crippen molar-refractivity contribution < 1.29 is 24.1 Å². The van der Waals surface area contributed by atoms with Crippen LogP contribution in [0.2, 0.25) is 0 Å². The highest BCUT2D eigenvalue weighted by atomic mass is 17.2. The Kier molecular flexibility index (Phi) is 7.12. The van der Waals surface area contributed by atoms with Crippen LogP contribution in [0, 0.1) is 11.8 Å². The Hall–Kier alpha value is -1.52. The second-order valence-electron chi connectivity index (χ2n) is 5.36. The maximum Gasteiger partial charge on any atom is 0.359 e. The summed E-state index contributed by atoms with van der Waals surface area (Å²) in [4.78, 5) is 33.5. The van der Waals surface area contributed by atoms with Crippen LogP contribution in [0.4, 0.5) is 0 Å². The molecule has 0 aromatic rings. The minimum absolute atomic E-state index is 0.296. The summed E-state index contributed by atoms with van der Waals surface area (Å²) in [6, 6.07) is 0. The topological polar surface area (TPSA) is 61.8 Å². The summed E-state index contributed by atoms with van der Waals surface area (Å²) in [6.45, 7) is 6.00. The molecule has 2 atom stereocenters. The predicted octanol–water partition coefficient (Wildman–Crippen LogP) is 3.14. The first-order valence-electron chi connectivity index (χ1n) is 7.23. The third-order valence-electron chi connectivity index (χ3n) is 3.23. The average Bonchev–Trinajstić information content (AvgIpc) is 2.44. The number of carbonyl (C=O) groups is 2. The van der Waals surface area contributed by atoms with Crippen LogP contribution in [0.1, 0.15) is 52.9 Å². The lowest BCUT2D eigenvalue weighted by molar-refractivity contribution is -0.246. The molecule has 5 heteroatoms. The van der Waals surface area contributed by atoms with Crippen molar-refractivity contribution in [3.05, 3.63) is 11.8 Å². The maximum absolute atomic E-state index is 12.0. The van der Waals surface area contributed by atoms with Gasteiger partial charge >= 0.3 is 11.9 Å². The lowest BCUT2D eigenvalue weighted by Crippen LogP contribution is -2.35. The quantitative estimate of drug-likeness (QED) is 0.324. The van der Waals surface area contributed by atoms with Crippen LogP contribution < -0.4 is 0 Å². The van der Waals surface area contributed by atoms with Gasteiger partial charge in [-0.05, 0) is 38.7 Å². The Balaban J connectivity index is 2.56. The van der Waals surface area contributed by atoms with Gasteiger partial charge in [-0.1, -0.05) is 19.8 Å². The van der Waals surface area contributed by atoms with E-state index in [0.717, 1.165) is 24.8 Å². The molecule has 1 aliphatic carbocycles.